The maximum Gasteiger partial charge on any atom is 0.323 e. The summed E-state index contributed by atoms with van der Waals surface area (Å²) in [5.41, 5.74) is 0.644. The summed E-state index contributed by atoms with van der Waals surface area (Å²) in [4.78, 5) is 31.3. The lowest BCUT2D eigenvalue weighted by Gasteiger charge is -2.20. The van der Waals surface area contributed by atoms with Crippen molar-refractivity contribution in [1.29, 1.82) is 0 Å². The maximum absolute atomic E-state index is 11.8. The van der Waals surface area contributed by atoms with Crippen molar-refractivity contribution in [2.45, 2.75) is 6.54 Å². The van der Waals surface area contributed by atoms with Crippen LogP contribution < -0.4 is 5.32 Å². The Labute approximate surface area is 110 Å². The predicted molar refractivity (Wildman–Crippen MR) is 65.4 cm³/mol. The van der Waals surface area contributed by atoms with Crippen LogP contribution in [0.5, 0.6) is 0 Å². The number of aromatic nitrogens is 2. The van der Waals surface area contributed by atoms with Crippen LogP contribution in [0.25, 0.3) is 0 Å². The number of carbonyl (C=O) groups is 2. The number of urea groups is 1. The Morgan fingerprint density at radius 3 is 2.89 bits per heavy atom. The van der Waals surface area contributed by atoms with Gasteiger partial charge in [0.25, 0.3) is 0 Å². The van der Waals surface area contributed by atoms with Gasteiger partial charge in [0.2, 0.25) is 0 Å². The van der Waals surface area contributed by atoms with E-state index in [9.17, 15) is 9.59 Å². The summed E-state index contributed by atoms with van der Waals surface area (Å²) in [6.45, 7) is 0.316. The molecule has 2 amide bonds. The Bertz CT molecular complexity index is 412. The van der Waals surface area contributed by atoms with Gasteiger partial charge in [0, 0.05) is 19.9 Å². The molecule has 1 aromatic rings. The monoisotopic (exact) mass is 268 g/mol. The number of hydrogen-bond donors (Lipinski definition) is 2. The highest BCUT2D eigenvalue weighted by Crippen LogP contribution is 1.94. The maximum atomic E-state index is 11.8. The number of rotatable bonds is 7. The highest BCUT2D eigenvalue weighted by Gasteiger charge is 2.16. The third-order valence-corrected chi connectivity index (χ3v) is 2.24. The first-order chi connectivity index (χ1) is 9.13. The molecule has 0 spiro atoms. The molecule has 8 heteroatoms. The molecule has 0 saturated carbocycles. The van der Waals surface area contributed by atoms with E-state index in [0.29, 0.717) is 5.69 Å². The van der Waals surface area contributed by atoms with Crippen molar-refractivity contribution in [1.82, 2.24) is 20.2 Å². The zero-order valence-corrected chi connectivity index (χ0v) is 10.6. The van der Waals surface area contributed by atoms with Crippen LogP contribution in [-0.2, 0) is 16.1 Å². The van der Waals surface area contributed by atoms with Crippen molar-refractivity contribution in [2.24, 2.45) is 0 Å². The van der Waals surface area contributed by atoms with Gasteiger partial charge in [0.1, 0.15) is 12.9 Å². The molecular weight excluding hydrogens is 252 g/mol. The smallest absolute Gasteiger partial charge is 0.323 e. The lowest BCUT2D eigenvalue weighted by Crippen LogP contribution is -2.44. The van der Waals surface area contributed by atoms with E-state index in [1.54, 1.807) is 12.3 Å². The largest absolute Gasteiger partial charge is 0.480 e. The zero-order chi connectivity index (χ0) is 14.1. The molecule has 0 atom stereocenters. The van der Waals surface area contributed by atoms with Gasteiger partial charge >= 0.3 is 12.0 Å². The van der Waals surface area contributed by atoms with Crippen LogP contribution in [0.3, 0.4) is 0 Å². The lowest BCUT2D eigenvalue weighted by atomic mass is 10.4. The number of nitrogens with one attached hydrogen (secondary N) is 1. The average molecular weight is 268 g/mol. The van der Waals surface area contributed by atoms with Crippen molar-refractivity contribution < 1.29 is 19.4 Å². The van der Waals surface area contributed by atoms with Gasteiger partial charge in [-0.1, -0.05) is 0 Å². The summed E-state index contributed by atoms with van der Waals surface area (Å²) in [6.07, 6.45) is 2.94. The highest BCUT2D eigenvalue weighted by atomic mass is 16.5. The molecule has 1 heterocycles. The van der Waals surface area contributed by atoms with Gasteiger partial charge < -0.3 is 20.1 Å². The minimum Gasteiger partial charge on any atom is -0.480 e. The second-order valence-corrected chi connectivity index (χ2v) is 3.67. The number of ether oxygens (including phenoxy) is 1. The standard InChI is InChI=1S/C11H16N4O4/c1-19-5-4-15(7-10(16)17)11(18)13-6-9-2-3-12-8-14-9/h2-3,8H,4-7H2,1H3,(H,13,18)(H,16,17). The van der Waals surface area contributed by atoms with Crippen LogP contribution in [0.2, 0.25) is 0 Å². The Hall–Kier alpha value is -2.22. The van der Waals surface area contributed by atoms with Crippen LogP contribution in [-0.4, -0.2) is 58.8 Å². The molecule has 0 saturated heterocycles. The van der Waals surface area contributed by atoms with Crippen molar-refractivity contribution in [3.63, 3.8) is 0 Å². The van der Waals surface area contributed by atoms with Crippen LogP contribution in [0.15, 0.2) is 18.6 Å². The minimum atomic E-state index is -1.08. The van der Waals surface area contributed by atoms with Gasteiger partial charge in [-0.25, -0.2) is 14.8 Å². The van der Waals surface area contributed by atoms with Gasteiger partial charge in [-0.05, 0) is 6.07 Å². The predicted octanol–water partition coefficient (Wildman–Crippen LogP) is -0.281. The van der Waals surface area contributed by atoms with E-state index in [-0.39, 0.29) is 26.2 Å². The van der Waals surface area contributed by atoms with E-state index >= 15 is 0 Å². The Balaban J connectivity index is 2.48. The Morgan fingerprint density at radius 2 is 2.32 bits per heavy atom. The first kappa shape index (κ1) is 14.8. The molecule has 1 rings (SSSR count). The number of amides is 2. The number of aliphatic carboxylic acids is 1. The molecule has 0 radical (unpaired) electrons. The summed E-state index contributed by atoms with van der Waals surface area (Å²) < 4.78 is 4.83. The first-order valence-corrected chi connectivity index (χ1v) is 5.62. The quantitative estimate of drug-likeness (QED) is 0.704. The van der Waals surface area contributed by atoms with Gasteiger partial charge in [-0.2, -0.15) is 0 Å². The number of carbonyl (C=O) groups excluding carboxylic acids is 1. The van der Waals surface area contributed by atoms with Crippen molar-refractivity contribution in [3.8, 4) is 0 Å². The SMILES string of the molecule is COCCN(CC(=O)O)C(=O)NCc1ccncn1. The molecule has 0 aliphatic rings. The highest BCUT2D eigenvalue weighted by molar-refractivity contribution is 5.80. The zero-order valence-electron chi connectivity index (χ0n) is 10.6. The Kier molecular flexibility index (Phi) is 6.23. The van der Waals surface area contributed by atoms with E-state index in [0.717, 1.165) is 4.90 Å². The summed E-state index contributed by atoms with van der Waals surface area (Å²) in [5, 5.41) is 11.3. The minimum absolute atomic E-state index is 0.207. The molecule has 2 N–H and O–H groups in total. The molecule has 0 aliphatic carbocycles. The van der Waals surface area contributed by atoms with E-state index in [2.05, 4.69) is 15.3 Å². The van der Waals surface area contributed by atoms with Gasteiger partial charge in [-0.15, -0.1) is 0 Å². The first-order valence-electron chi connectivity index (χ1n) is 5.62. The van der Waals surface area contributed by atoms with Crippen LogP contribution in [0.1, 0.15) is 5.69 Å². The normalized spacial score (nSPS) is 9.95. The molecule has 0 fully saturated rings. The molecule has 0 aliphatic heterocycles. The molecule has 8 nitrogen and oxygen atoms in total. The summed E-state index contributed by atoms with van der Waals surface area (Å²) in [5.74, 6) is -1.08. The summed E-state index contributed by atoms with van der Waals surface area (Å²) in [6, 6.07) is 1.19. The van der Waals surface area contributed by atoms with E-state index in [1.807, 2.05) is 0 Å². The Morgan fingerprint density at radius 1 is 1.53 bits per heavy atom. The van der Waals surface area contributed by atoms with E-state index < -0.39 is 12.0 Å². The average Bonchev–Trinajstić information content (AvgIpc) is 2.41. The van der Waals surface area contributed by atoms with Crippen LogP contribution >= 0.6 is 0 Å². The fourth-order valence-corrected chi connectivity index (χ4v) is 1.32. The number of hydrogen-bond acceptors (Lipinski definition) is 5. The molecule has 1 aromatic heterocycles. The number of methoxy groups -OCH3 is 1. The summed E-state index contributed by atoms with van der Waals surface area (Å²) in [7, 11) is 1.48. The number of carboxylic acid groups (broad SMARTS) is 1. The third kappa shape index (κ3) is 5.77. The van der Waals surface area contributed by atoms with Gasteiger partial charge in [0.15, 0.2) is 0 Å². The second kappa shape index (κ2) is 7.98. The molecule has 0 bridgehead atoms. The van der Waals surface area contributed by atoms with Crippen molar-refractivity contribution in [2.75, 3.05) is 26.8 Å². The fourth-order valence-electron chi connectivity index (χ4n) is 1.32. The molecule has 0 unspecified atom stereocenters. The lowest BCUT2D eigenvalue weighted by molar-refractivity contribution is -0.137. The third-order valence-electron chi connectivity index (χ3n) is 2.24. The topological polar surface area (TPSA) is 105 Å². The van der Waals surface area contributed by atoms with E-state index in [1.165, 1.54) is 13.4 Å². The van der Waals surface area contributed by atoms with E-state index in [4.69, 9.17) is 9.84 Å². The van der Waals surface area contributed by atoms with Crippen molar-refractivity contribution in [3.05, 3.63) is 24.3 Å². The van der Waals surface area contributed by atoms with Gasteiger partial charge in [0.05, 0.1) is 18.8 Å². The summed E-state index contributed by atoms with van der Waals surface area (Å²) >= 11 is 0. The molecule has 19 heavy (non-hydrogen) atoms. The molecule has 104 valence electrons. The molecule has 0 aromatic carbocycles. The molecular formula is C11H16N4O4. The fraction of sp³-hybridized carbons (Fsp3) is 0.455. The van der Waals surface area contributed by atoms with Gasteiger partial charge in [-0.3, -0.25) is 4.79 Å². The van der Waals surface area contributed by atoms with Crippen LogP contribution in [0.4, 0.5) is 4.79 Å². The van der Waals surface area contributed by atoms with Crippen molar-refractivity contribution >= 4 is 12.0 Å². The second-order valence-electron chi connectivity index (χ2n) is 3.67. The van der Waals surface area contributed by atoms with Crippen LogP contribution in [0, 0.1) is 0 Å². The number of nitrogens with zero attached hydrogens (tertiary/aromatic N) is 3. The number of carboxylic acids is 1.